The molecule has 0 saturated carbocycles. The van der Waals surface area contributed by atoms with E-state index >= 15 is 0 Å². The first-order valence-electron chi connectivity index (χ1n) is 10.0. The Morgan fingerprint density at radius 1 is 0.500 bits per heavy atom. The van der Waals surface area contributed by atoms with Crippen molar-refractivity contribution >= 4 is 0 Å². The predicted octanol–water partition coefficient (Wildman–Crippen LogP) is 6.96. The van der Waals surface area contributed by atoms with Crippen LogP contribution in [0.1, 0.15) is 38.9 Å². The molecule has 2 aliphatic rings. The molecule has 6 rings (SSSR count). The van der Waals surface area contributed by atoms with Crippen LogP contribution in [-0.4, -0.2) is 0 Å². The van der Waals surface area contributed by atoms with E-state index in [1.165, 1.54) is 61.2 Å². The topological polar surface area (TPSA) is 0 Å². The van der Waals surface area contributed by atoms with Gasteiger partial charge in [0.2, 0.25) is 0 Å². The summed E-state index contributed by atoms with van der Waals surface area (Å²) < 4.78 is 0. The van der Waals surface area contributed by atoms with Gasteiger partial charge in [0.15, 0.2) is 0 Å². The van der Waals surface area contributed by atoms with Crippen molar-refractivity contribution in [2.24, 2.45) is 0 Å². The normalized spacial score (nSPS) is 14.5. The Morgan fingerprint density at radius 2 is 1.07 bits per heavy atom. The molecule has 0 unspecified atom stereocenters. The maximum absolute atomic E-state index is 2.42. The zero-order valence-corrected chi connectivity index (χ0v) is 16.5. The van der Waals surface area contributed by atoms with E-state index in [0.717, 1.165) is 0 Å². The number of hydrogen-bond donors (Lipinski definition) is 0. The van der Waals surface area contributed by atoms with Crippen molar-refractivity contribution in [1.82, 2.24) is 0 Å². The van der Waals surface area contributed by atoms with E-state index in [2.05, 4.69) is 99.6 Å². The summed E-state index contributed by atoms with van der Waals surface area (Å²) in [6.45, 7) is 6.69. The molecule has 0 nitrogen and oxygen atoms in total. The maximum atomic E-state index is 2.42. The van der Waals surface area contributed by atoms with Crippen molar-refractivity contribution < 1.29 is 0 Å². The molecule has 0 heteroatoms. The van der Waals surface area contributed by atoms with Gasteiger partial charge in [-0.3, -0.25) is 0 Å². The molecular weight excluding hydrogens is 336 g/mol. The highest BCUT2D eigenvalue weighted by atomic mass is 14.5. The standard InChI is InChI=1S/C28H22/c1-17-11-13-21-22-14-12-18(2)16-26(22)28(25(21)15-17)24-10-5-4-8-20(24)23-9-6-7-19(3)27(23)28/h4-16H,1-3H3. The first-order valence-corrected chi connectivity index (χ1v) is 10.0. The summed E-state index contributed by atoms with van der Waals surface area (Å²) in [5, 5.41) is 0. The molecule has 0 radical (unpaired) electrons. The van der Waals surface area contributed by atoms with Crippen LogP contribution in [0.3, 0.4) is 0 Å². The van der Waals surface area contributed by atoms with Crippen LogP contribution in [-0.2, 0) is 5.41 Å². The van der Waals surface area contributed by atoms with Crippen LogP contribution in [0, 0.1) is 20.8 Å². The summed E-state index contributed by atoms with van der Waals surface area (Å²) in [4.78, 5) is 0. The zero-order chi connectivity index (χ0) is 19.0. The molecule has 4 aromatic carbocycles. The van der Waals surface area contributed by atoms with E-state index in [0.29, 0.717) is 0 Å². The average Bonchev–Trinajstić information content (AvgIpc) is 3.15. The molecule has 0 amide bonds. The Balaban J connectivity index is 1.90. The largest absolute Gasteiger partial charge is 0.0728 e. The Morgan fingerprint density at radius 3 is 1.75 bits per heavy atom. The van der Waals surface area contributed by atoms with Gasteiger partial charge in [0.05, 0.1) is 5.41 Å². The van der Waals surface area contributed by atoms with Gasteiger partial charge in [0.25, 0.3) is 0 Å². The van der Waals surface area contributed by atoms with Gasteiger partial charge in [0, 0.05) is 0 Å². The highest BCUT2D eigenvalue weighted by Crippen LogP contribution is 2.63. The Bertz CT molecular complexity index is 1240. The molecular formula is C28H22. The molecule has 2 aliphatic carbocycles. The Kier molecular flexibility index (Phi) is 2.97. The molecule has 134 valence electrons. The van der Waals surface area contributed by atoms with Gasteiger partial charge < -0.3 is 0 Å². The lowest BCUT2D eigenvalue weighted by molar-refractivity contribution is 0.784. The van der Waals surface area contributed by atoms with Crippen LogP contribution < -0.4 is 0 Å². The van der Waals surface area contributed by atoms with Gasteiger partial charge in [-0.15, -0.1) is 0 Å². The molecule has 0 fully saturated rings. The van der Waals surface area contributed by atoms with Crippen LogP contribution >= 0.6 is 0 Å². The molecule has 0 atom stereocenters. The number of benzene rings is 4. The highest BCUT2D eigenvalue weighted by Gasteiger charge is 2.52. The van der Waals surface area contributed by atoms with Crippen LogP contribution in [0.5, 0.6) is 0 Å². The summed E-state index contributed by atoms with van der Waals surface area (Å²) in [5.41, 5.74) is 15.1. The van der Waals surface area contributed by atoms with Crippen molar-refractivity contribution in [2.75, 3.05) is 0 Å². The third-order valence-corrected chi connectivity index (χ3v) is 6.72. The number of rotatable bonds is 0. The first-order chi connectivity index (χ1) is 13.6. The lowest BCUT2D eigenvalue weighted by atomic mass is 9.69. The molecule has 0 bridgehead atoms. The van der Waals surface area contributed by atoms with Crippen molar-refractivity contribution in [1.29, 1.82) is 0 Å². The molecule has 0 saturated heterocycles. The molecule has 0 aliphatic heterocycles. The van der Waals surface area contributed by atoms with Crippen LogP contribution in [0.4, 0.5) is 0 Å². The second-order valence-corrected chi connectivity index (χ2v) is 8.39. The minimum Gasteiger partial charge on any atom is -0.0619 e. The van der Waals surface area contributed by atoms with Crippen LogP contribution in [0.25, 0.3) is 22.3 Å². The molecule has 28 heavy (non-hydrogen) atoms. The Labute approximate surface area is 166 Å². The van der Waals surface area contributed by atoms with Crippen molar-refractivity contribution in [3.05, 3.63) is 118 Å². The van der Waals surface area contributed by atoms with Crippen LogP contribution in [0.2, 0.25) is 0 Å². The van der Waals surface area contributed by atoms with Crippen molar-refractivity contribution in [3.8, 4) is 22.3 Å². The van der Waals surface area contributed by atoms with Gasteiger partial charge in [-0.25, -0.2) is 0 Å². The van der Waals surface area contributed by atoms with E-state index < -0.39 is 0 Å². The quantitative estimate of drug-likeness (QED) is 0.275. The van der Waals surface area contributed by atoms with Gasteiger partial charge in [0.1, 0.15) is 0 Å². The van der Waals surface area contributed by atoms with E-state index in [9.17, 15) is 0 Å². The molecule has 0 heterocycles. The van der Waals surface area contributed by atoms with Gasteiger partial charge in [-0.2, -0.15) is 0 Å². The summed E-state index contributed by atoms with van der Waals surface area (Å²) in [7, 11) is 0. The SMILES string of the molecule is Cc1ccc2c(c1)C1(c3cc(C)ccc3-2)c2ccccc2-c2cccc(C)c21. The van der Waals surface area contributed by atoms with Crippen molar-refractivity contribution in [3.63, 3.8) is 0 Å². The lowest BCUT2D eigenvalue weighted by Gasteiger charge is -2.32. The van der Waals surface area contributed by atoms with Gasteiger partial charge in [-0.1, -0.05) is 90.0 Å². The first kappa shape index (κ1) is 15.9. The Hall–Kier alpha value is -3.12. The number of aryl methyl sites for hydroxylation is 3. The highest BCUT2D eigenvalue weighted by molar-refractivity contribution is 5.95. The molecule has 0 N–H and O–H groups in total. The minimum absolute atomic E-state index is 0.208. The second-order valence-electron chi connectivity index (χ2n) is 8.39. The summed E-state index contributed by atoms with van der Waals surface area (Å²) >= 11 is 0. The van der Waals surface area contributed by atoms with Gasteiger partial charge in [-0.05, 0) is 70.8 Å². The maximum Gasteiger partial charge on any atom is 0.0728 e. The summed E-state index contributed by atoms with van der Waals surface area (Å²) in [6.07, 6.45) is 0. The van der Waals surface area contributed by atoms with E-state index in [-0.39, 0.29) is 5.41 Å². The fraction of sp³-hybridized carbons (Fsp3) is 0.143. The summed E-state index contributed by atoms with van der Waals surface area (Å²) in [5.74, 6) is 0. The van der Waals surface area contributed by atoms with Gasteiger partial charge >= 0.3 is 0 Å². The summed E-state index contributed by atoms with van der Waals surface area (Å²) in [6, 6.07) is 29.8. The zero-order valence-electron chi connectivity index (χ0n) is 16.5. The minimum atomic E-state index is -0.208. The van der Waals surface area contributed by atoms with E-state index in [4.69, 9.17) is 0 Å². The second kappa shape index (κ2) is 5.23. The fourth-order valence-electron chi connectivity index (χ4n) is 5.68. The van der Waals surface area contributed by atoms with E-state index in [1.54, 1.807) is 0 Å². The number of fused-ring (bicyclic) bond motifs is 10. The smallest absolute Gasteiger partial charge is 0.0619 e. The lowest BCUT2D eigenvalue weighted by Crippen LogP contribution is -2.27. The third-order valence-electron chi connectivity index (χ3n) is 6.72. The monoisotopic (exact) mass is 358 g/mol. The van der Waals surface area contributed by atoms with Crippen molar-refractivity contribution in [2.45, 2.75) is 26.2 Å². The average molecular weight is 358 g/mol. The fourth-order valence-corrected chi connectivity index (χ4v) is 5.68. The molecule has 1 spiro atoms. The molecule has 4 aromatic rings. The van der Waals surface area contributed by atoms with E-state index in [1.807, 2.05) is 0 Å². The third kappa shape index (κ3) is 1.72. The van der Waals surface area contributed by atoms with Crippen LogP contribution in [0.15, 0.2) is 78.9 Å². The predicted molar refractivity (Wildman–Crippen MR) is 117 cm³/mol. The molecule has 0 aromatic heterocycles. The number of hydrogen-bond acceptors (Lipinski definition) is 0.